The Balaban J connectivity index is 2.02. The number of sulfonamides is 1. The number of carbonyl (C=O) groups excluding carboxylic acids is 1. The van der Waals surface area contributed by atoms with Crippen LogP contribution in [0.4, 0.5) is 0 Å². The molecule has 7 heteroatoms. The second-order valence-electron chi connectivity index (χ2n) is 5.15. The largest absolute Gasteiger partial charge is 0.299 e. The third kappa shape index (κ3) is 3.28. The summed E-state index contributed by atoms with van der Waals surface area (Å²) < 4.78 is 25.1. The molecule has 2 rings (SSSR count). The van der Waals surface area contributed by atoms with Gasteiger partial charge in [-0.1, -0.05) is 28.1 Å². The van der Waals surface area contributed by atoms with Crippen LogP contribution in [0.25, 0.3) is 0 Å². The summed E-state index contributed by atoms with van der Waals surface area (Å²) in [7, 11) is -3.22. The van der Waals surface area contributed by atoms with E-state index in [-0.39, 0.29) is 18.9 Å². The lowest BCUT2D eigenvalue weighted by Crippen LogP contribution is -2.73. The average Bonchev–Trinajstić information content (AvgIpc) is 2.27. The van der Waals surface area contributed by atoms with Crippen LogP contribution in [0.15, 0.2) is 28.7 Å². The zero-order valence-electron chi connectivity index (χ0n) is 11.4. The molecule has 0 atom stereocenters. The number of rotatable bonds is 5. The van der Waals surface area contributed by atoms with Crippen LogP contribution in [-0.4, -0.2) is 43.4 Å². The smallest absolute Gasteiger partial charge is 0.211 e. The van der Waals surface area contributed by atoms with Crippen LogP contribution in [0, 0.1) is 0 Å². The molecule has 1 heterocycles. The van der Waals surface area contributed by atoms with Gasteiger partial charge in [0.15, 0.2) is 5.78 Å². The van der Waals surface area contributed by atoms with E-state index < -0.39 is 15.6 Å². The number of nitrogens with one attached hydrogen (secondary N) is 1. The minimum Gasteiger partial charge on any atom is -0.299 e. The fraction of sp³-hybridized carbons (Fsp3) is 0.462. The van der Waals surface area contributed by atoms with Gasteiger partial charge in [0.25, 0.3) is 0 Å². The van der Waals surface area contributed by atoms with Gasteiger partial charge in [-0.05, 0) is 24.6 Å². The lowest BCUT2D eigenvalue weighted by molar-refractivity contribution is -0.127. The summed E-state index contributed by atoms with van der Waals surface area (Å²) in [5.74, 6) is -0.0329. The molecule has 1 aliphatic rings. The first-order valence-electron chi connectivity index (χ1n) is 6.19. The molecule has 0 aromatic heterocycles. The molecular weight excluding hydrogens is 344 g/mol. The summed E-state index contributed by atoms with van der Waals surface area (Å²) in [5, 5.41) is 3.20. The highest BCUT2D eigenvalue weighted by Crippen LogP contribution is 2.25. The van der Waals surface area contributed by atoms with Gasteiger partial charge in [-0.3, -0.25) is 10.1 Å². The summed E-state index contributed by atoms with van der Waals surface area (Å²) in [5.41, 5.74) is 0.294. The molecule has 1 saturated heterocycles. The monoisotopic (exact) mass is 360 g/mol. The second-order valence-corrected chi connectivity index (χ2v) is 8.05. The van der Waals surface area contributed by atoms with Crippen LogP contribution in [0.1, 0.15) is 12.5 Å². The van der Waals surface area contributed by atoms with E-state index in [2.05, 4.69) is 21.2 Å². The zero-order chi connectivity index (χ0) is 15.0. The Morgan fingerprint density at radius 2 is 1.90 bits per heavy atom. The minimum absolute atomic E-state index is 0.0329. The van der Waals surface area contributed by atoms with E-state index in [9.17, 15) is 13.2 Å². The van der Waals surface area contributed by atoms with E-state index in [1.165, 1.54) is 11.2 Å². The summed E-state index contributed by atoms with van der Waals surface area (Å²) >= 11 is 3.37. The number of benzene rings is 1. The molecular formula is C13H17BrN2O3S. The van der Waals surface area contributed by atoms with Crippen molar-refractivity contribution in [1.82, 2.24) is 9.62 Å². The lowest BCUT2D eigenvalue weighted by Gasteiger charge is -2.47. The van der Waals surface area contributed by atoms with E-state index in [1.807, 2.05) is 24.3 Å². The van der Waals surface area contributed by atoms with Gasteiger partial charge >= 0.3 is 0 Å². The van der Waals surface area contributed by atoms with Gasteiger partial charge in [-0.2, -0.15) is 4.31 Å². The molecule has 0 radical (unpaired) electrons. The predicted octanol–water partition coefficient (Wildman–Crippen LogP) is 1.14. The first kappa shape index (κ1) is 15.6. The first-order chi connectivity index (χ1) is 9.23. The zero-order valence-corrected chi connectivity index (χ0v) is 13.8. The number of Topliss-reactive ketones (excluding diaryl/α,β-unsaturated/α-hetero) is 1. The van der Waals surface area contributed by atoms with E-state index in [4.69, 9.17) is 0 Å². The molecule has 0 saturated carbocycles. The van der Waals surface area contributed by atoms with Gasteiger partial charge in [0.1, 0.15) is 5.54 Å². The Morgan fingerprint density at radius 3 is 2.35 bits per heavy atom. The molecule has 1 aliphatic heterocycles. The highest BCUT2D eigenvalue weighted by atomic mass is 79.9. The first-order valence-corrected chi connectivity index (χ1v) is 8.83. The summed E-state index contributed by atoms with van der Waals surface area (Å²) in [6.07, 6.45) is 1.16. The molecule has 0 unspecified atom stereocenters. The quantitative estimate of drug-likeness (QED) is 0.854. The maximum Gasteiger partial charge on any atom is 0.211 e. The number of nitrogens with zero attached hydrogens (tertiary/aromatic N) is 1. The van der Waals surface area contributed by atoms with E-state index >= 15 is 0 Å². The van der Waals surface area contributed by atoms with Crippen molar-refractivity contribution in [2.75, 3.05) is 19.3 Å². The standard InChI is InChI=1S/C13H17BrN2O3S/c1-10(17)13(8-16(9-13)20(2,18)19)15-7-11-3-5-12(14)6-4-11/h3-6,15H,7-9H2,1-2H3. The molecule has 1 fully saturated rings. The van der Waals surface area contributed by atoms with Crippen LogP contribution >= 0.6 is 15.9 Å². The highest BCUT2D eigenvalue weighted by Gasteiger charge is 2.49. The number of ketones is 1. The molecule has 1 N–H and O–H groups in total. The topological polar surface area (TPSA) is 66.5 Å². The predicted molar refractivity (Wildman–Crippen MR) is 80.8 cm³/mol. The van der Waals surface area contributed by atoms with Gasteiger partial charge in [-0.15, -0.1) is 0 Å². The van der Waals surface area contributed by atoms with Crippen LogP contribution in [-0.2, 0) is 21.4 Å². The molecule has 0 amide bonds. The van der Waals surface area contributed by atoms with Gasteiger partial charge in [0.05, 0.1) is 6.26 Å². The van der Waals surface area contributed by atoms with Gasteiger partial charge in [0, 0.05) is 24.1 Å². The van der Waals surface area contributed by atoms with Crippen LogP contribution in [0.2, 0.25) is 0 Å². The molecule has 20 heavy (non-hydrogen) atoms. The molecule has 0 bridgehead atoms. The fourth-order valence-corrected chi connectivity index (χ4v) is 3.30. The van der Waals surface area contributed by atoms with Crippen molar-refractivity contribution < 1.29 is 13.2 Å². The normalized spacial score (nSPS) is 18.6. The summed E-state index contributed by atoms with van der Waals surface area (Å²) in [6, 6.07) is 7.78. The van der Waals surface area contributed by atoms with Crippen molar-refractivity contribution in [3.05, 3.63) is 34.3 Å². The van der Waals surface area contributed by atoms with Crippen LogP contribution < -0.4 is 5.32 Å². The lowest BCUT2D eigenvalue weighted by atomic mass is 9.88. The molecule has 110 valence electrons. The molecule has 0 aliphatic carbocycles. The Labute approximate surface area is 127 Å². The highest BCUT2D eigenvalue weighted by molar-refractivity contribution is 9.10. The average molecular weight is 361 g/mol. The van der Waals surface area contributed by atoms with Crippen molar-refractivity contribution >= 4 is 31.7 Å². The second kappa shape index (κ2) is 5.55. The number of carbonyl (C=O) groups is 1. The minimum atomic E-state index is -3.22. The Hall–Kier alpha value is -0.760. The van der Waals surface area contributed by atoms with Crippen molar-refractivity contribution in [1.29, 1.82) is 0 Å². The molecule has 1 aromatic carbocycles. The Kier molecular flexibility index (Phi) is 4.34. The molecule has 5 nitrogen and oxygen atoms in total. The Morgan fingerprint density at radius 1 is 1.35 bits per heavy atom. The summed E-state index contributed by atoms with van der Waals surface area (Å²) in [4.78, 5) is 11.8. The Bertz CT molecular complexity index is 607. The number of hydrogen-bond donors (Lipinski definition) is 1. The maximum absolute atomic E-state index is 11.8. The van der Waals surface area contributed by atoms with Gasteiger partial charge in [-0.25, -0.2) is 8.42 Å². The van der Waals surface area contributed by atoms with Crippen LogP contribution in [0.3, 0.4) is 0 Å². The third-order valence-electron chi connectivity index (χ3n) is 3.58. The van der Waals surface area contributed by atoms with E-state index in [0.717, 1.165) is 16.3 Å². The van der Waals surface area contributed by atoms with E-state index in [0.29, 0.717) is 6.54 Å². The van der Waals surface area contributed by atoms with Crippen LogP contribution in [0.5, 0.6) is 0 Å². The molecule has 1 aromatic rings. The number of hydrogen-bond acceptors (Lipinski definition) is 4. The van der Waals surface area contributed by atoms with Crippen molar-refractivity contribution in [2.45, 2.75) is 19.0 Å². The molecule has 0 spiro atoms. The number of halogens is 1. The van der Waals surface area contributed by atoms with Gasteiger partial charge in [0.2, 0.25) is 10.0 Å². The van der Waals surface area contributed by atoms with E-state index in [1.54, 1.807) is 0 Å². The van der Waals surface area contributed by atoms with Gasteiger partial charge < -0.3 is 0 Å². The maximum atomic E-state index is 11.8. The fourth-order valence-electron chi connectivity index (χ4n) is 2.12. The summed E-state index contributed by atoms with van der Waals surface area (Å²) in [6.45, 7) is 2.44. The van der Waals surface area contributed by atoms with Crippen molar-refractivity contribution in [3.8, 4) is 0 Å². The van der Waals surface area contributed by atoms with Crippen molar-refractivity contribution in [2.24, 2.45) is 0 Å². The third-order valence-corrected chi connectivity index (χ3v) is 5.30. The van der Waals surface area contributed by atoms with Crippen molar-refractivity contribution in [3.63, 3.8) is 0 Å². The SMILES string of the molecule is CC(=O)C1(NCc2ccc(Br)cc2)CN(S(C)(=O)=O)C1.